The summed E-state index contributed by atoms with van der Waals surface area (Å²) in [5.74, 6) is -0.182. The number of nitrogens with two attached hydrogens (primary N) is 1. The maximum absolute atomic E-state index is 14.0. The molecule has 2 atom stereocenters. The van der Waals surface area contributed by atoms with Crippen molar-refractivity contribution in [2.75, 3.05) is 11.4 Å². The molecule has 2 N–H and O–H groups in total. The Morgan fingerprint density at radius 3 is 2.83 bits per heavy atom. The molecule has 1 aliphatic heterocycles. The summed E-state index contributed by atoms with van der Waals surface area (Å²) in [6, 6.07) is 5.49. The fourth-order valence-corrected chi connectivity index (χ4v) is 2.86. The first-order valence-electron chi connectivity index (χ1n) is 6.92. The van der Waals surface area contributed by atoms with E-state index in [4.69, 9.17) is 5.73 Å². The van der Waals surface area contributed by atoms with E-state index >= 15 is 0 Å². The Morgan fingerprint density at radius 2 is 2.11 bits per heavy atom. The van der Waals surface area contributed by atoms with Crippen molar-refractivity contribution in [1.82, 2.24) is 0 Å². The first kappa shape index (κ1) is 13.3. The normalized spacial score (nSPS) is 22.7. The molecule has 0 amide bonds. The summed E-state index contributed by atoms with van der Waals surface area (Å²) in [5, 5.41) is 0. The van der Waals surface area contributed by atoms with E-state index in [2.05, 4.69) is 11.8 Å². The van der Waals surface area contributed by atoms with E-state index in [1.807, 2.05) is 13.0 Å². The quantitative estimate of drug-likeness (QED) is 0.868. The number of benzene rings is 1. The van der Waals surface area contributed by atoms with E-state index in [-0.39, 0.29) is 11.9 Å². The largest absolute Gasteiger partial charge is 0.368 e. The molecule has 1 aromatic rings. The van der Waals surface area contributed by atoms with Gasteiger partial charge in [-0.05, 0) is 38.8 Å². The van der Waals surface area contributed by atoms with Gasteiger partial charge < -0.3 is 10.6 Å². The Hall–Kier alpha value is -1.09. The van der Waals surface area contributed by atoms with Gasteiger partial charge in [0, 0.05) is 29.9 Å². The molecule has 1 aliphatic rings. The highest BCUT2D eigenvalue weighted by atomic mass is 19.1. The van der Waals surface area contributed by atoms with Crippen molar-refractivity contribution in [1.29, 1.82) is 0 Å². The summed E-state index contributed by atoms with van der Waals surface area (Å²) >= 11 is 0. The molecule has 1 fully saturated rings. The first-order valence-corrected chi connectivity index (χ1v) is 6.92. The number of rotatable bonds is 2. The molecule has 2 nitrogen and oxygen atoms in total. The second-order valence-electron chi connectivity index (χ2n) is 5.35. The van der Waals surface area contributed by atoms with Crippen molar-refractivity contribution in [3.8, 4) is 0 Å². The van der Waals surface area contributed by atoms with E-state index in [1.165, 1.54) is 31.7 Å². The van der Waals surface area contributed by atoms with Gasteiger partial charge in [-0.1, -0.05) is 18.9 Å². The summed E-state index contributed by atoms with van der Waals surface area (Å²) < 4.78 is 14.0. The predicted octanol–water partition coefficient (Wildman–Crippen LogP) is 3.61. The minimum atomic E-state index is -0.267. The minimum Gasteiger partial charge on any atom is -0.368 e. The Bertz CT molecular complexity index is 403. The smallest absolute Gasteiger partial charge is 0.130 e. The Morgan fingerprint density at radius 1 is 1.33 bits per heavy atom. The molecule has 18 heavy (non-hydrogen) atoms. The summed E-state index contributed by atoms with van der Waals surface area (Å²) in [6.45, 7) is 5.08. The number of hydrogen-bond acceptors (Lipinski definition) is 2. The first-order chi connectivity index (χ1) is 8.61. The molecule has 1 heterocycles. The highest BCUT2D eigenvalue weighted by Crippen LogP contribution is 2.31. The van der Waals surface area contributed by atoms with Gasteiger partial charge in [-0.25, -0.2) is 4.39 Å². The molecule has 0 aromatic heterocycles. The number of nitrogens with zero attached hydrogens (tertiary/aromatic N) is 1. The van der Waals surface area contributed by atoms with Gasteiger partial charge in [0.15, 0.2) is 0 Å². The second-order valence-corrected chi connectivity index (χ2v) is 5.35. The fraction of sp³-hybridized carbons (Fsp3) is 0.600. The topological polar surface area (TPSA) is 29.3 Å². The lowest BCUT2D eigenvalue weighted by atomic mass is 10.0. The maximum Gasteiger partial charge on any atom is 0.130 e. The van der Waals surface area contributed by atoms with Crippen LogP contribution in [0.25, 0.3) is 0 Å². The highest BCUT2D eigenvalue weighted by molar-refractivity contribution is 5.56. The molecule has 100 valence electrons. The summed E-state index contributed by atoms with van der Waals surface area (Å²) in [7, 11) is 0. The van der Waals surface area contributed by atoms with E-state index in [1.54, 1.807) is 6.07 Å². The SMILES string of the molecule is CC1CCCCCN1c1cccc(F)c1[C@H](C)N. The average molecular weight is 250 g/mol. The molecule has 1 aromatic carbocycles. The molecule has 0 radical (unpaired) electrons. The zero-order chi connectivity index (χ0) is 13.1. The van der Waals surface area contributed by atoms with Gasteiger partial charge in [0.1, 0.15) is 5.82 Å². The third-order valence-corrected chi connectivity index (χ3v) is 3.85. The lowest BCUT2D eigenvalue weighted by molar-refractivity contribution is 0.579. The van der Waals surface area contributed by atoms with E-state index in [0.717, 1.165) is 12.2 Å². The molecular weight excluding hydrogens is 227 g/mol. The molecule has 0 aliphatic carbocycles. The molecule has 0 bridgehead atoms. The Balaban J connectivity index is 2.39. The lowest BCUT2D eigenvalue weighted by Crippen LogP contribution is -2.34. The maximum atomic E-state index is 14.0. The average Bonchev–Trinajstić information content (AvgIpc) is 2.53. The Kier molecular flexibility index (Phi) is 4.23. The van der Waals surface area contributed by atoms with Crippen molar-refractivity contribution < 1.29 is 4.39 Å². The van der Waals surface area contributed by atoms with Crippen LogP contribution in [-0.2, 0) is 0 Å². The molecular formula is C15H23FN2. The van der Waals surface area contributed by atoms with Crippen LogP contribution < -0.4 is 10.6 Å². The van der Waals surface area contributed by atoms with Crippen LogP contribution in [0.4, 0.5) is 10.1 Å². The van der Waals surface area contributed by atoms with Crippen LogP contribution in [0.3, 0.4) is 0 Å². The van der Waals surface area contributed by atoms with Gasteiger partial charge in [0.05, 0.1) is 0 Å². The van der Waals surface area contributed by atoms with Gasteiger partial charge in [0.25, 0.3) is 0 Å². The summed E-state index contributed by atoms with van der Waals surface area (Å²) in [5.41, 5.74) is 7.58. The van der Waals surface area contributed by atoms with Crippen molar-refractivity contribution in [3.05, 3.63) is 29.6 Å². The number of hydrogen-bond donors (Lipinski definition) is 1. The van der Waals surface area contributed by atoms with Crippen LogP contribution in [0.15, 0.2) is 18.2 Å². The monoisotopic (exact) mass is 250 g/mol. The number of halogens is 1. The van der Waals surface area contributed by atoms with Crippen LogP contribution >= 0.6 is 0 Å². The molecule has 2 rings (SSSR count). The minimum absolute atomic E-state index is 0.182. The van der Waals surface area contributed by atoms with Gasteiger partial charge in [-0.3, -0.25) is 0 Å². The van der Waals surface area contributed by atoms with Crippen LogP contribution in [-0.4, -0.2) is 12.6 Å². The van der Waals surface area contributed by atoms with Crippen LogP contribution in [0.1, 0.15) is 51.1 Å². The van der Waals surface area contributed by atoms with Gasteiger partial charge in [-0.15, -0.1) is 0 Å². The highest BCUT2D eigenvalue weighted by Gasteiger charge is 2.22. The van der Waals surface area contributed by atoms with E-state index in [0.29, 0.717) is 11.6 Å². The third-order valence-electron chi connectivity index (χ3n) is 3.85. The third kappa shape index (κ3) is 2.66. The molecule has 0 spiro atoms. The van der Waals surface area contributed by atoms with Gasteiger partial charge >= 0.3 is 0 Å². The van der Waals surface area contributed by atoms with Crippen molar-refractivity contribution in [3.63, 3.8) is 0 Å². The predicted molar refractivity (Wildman–Crippen MR) is 74.3 cm³/mol. The van der Waals surface area contributed by atoms with Crippen molar-refractivity contribution in [2.24, 2.45) is 5.73 Å². The summed E-state index contributed by atoms with van der Waals surface area (Å²) in [6.07, 6.45) is 4.89. The second kappa shape index (κ2) is 5.70. The zero-order valence-electron chi connectivity index (χ0n) is 11.3. The van der Waals surface area contributed by atoms with Crippen LogP contribution in [0, 0.1) is 5.82 Å². The fourth-order valence-electron chi connectivity index (χ4n) is 2.86. The lowest BCUT2D eigenvalue weighted by Gasteiger charge is -2.32. The molecule has 1 saturated heterocycles. The van der Waals surface area contributed by atoms with Gasteiger partial charge in [0.2, 0.25) is 0 Å². The van der Waals surface area contributed by atoms with E-state index < -0.39 is 0 Å². The van der Waals surface area contributed by atoms with Gasteiger partial charge in [-0.2, -0.15) is 0 Å². The molecule has 0 saturated carbocycles. The zero-order valence-corrected chi connectivity index (χ0v) is 11.3. The standard InChI is InChI=1S/C15H23FN2/c1-11-7-4-3-5-10-18(11)14-9-6-8-13(16)15(14)12(2)17/h6,8-9,11-12H,3-5,7,10,17H2,1-2H3/t11?,12-/m0/s1. The Labute approximate surface area is 109 Å². The van der Waals surface area contributed by atoms with Crippen molar-refractivity contribution in [2.45, 2.75) is 51.6 Å². The molecule has 3 heteroatoms. The van der Waals surface area contributed by atoms with E-state index in [9.17, 15) is 4.39 Å². The number of anilines is 1. The van der Waals surface area contributed by atoms with Crippen molar-refractivity contribution >= 4 is 5.69 Å². The summed E-state index contributed by atoms with van der Waals surface area (Å²) in [4.78, 5) is 2.33. The molecule has 1 unspecified atom stereocenters. The van der Waals surface area contributed by atoms with Crippen LogP contribution in [0.2, 0.25) is 0 Å². The van der Waals surface area contributed by atoms with Crippen LogP contribution in [0.5, 0.6) is 0 Å².